The van der Waals surface area contributed by atoms with E-state index in [4.69, 9.17) is 5.73 Å². The van der Waals surface area contributed by atoms with Crippen molar-refractivity contribution in [2.75, 3.05) is 6.54 Å². The summed E-state index contributed by atoms with van der Waals surface area (Å²) in [7, 11) is 0. The molecule has 1 saturated heterocycles. The van der Waals surface area contributed by atoms with Crippen molar-refractivity contribution < 1.29 is 4.79 Å². The Hall–Kier alpha value is -1.88. The Kier molecular flexibility index (Phi) is 7.00. The predicted molar refractivity (Wildman–Crippen MR) is 104 cm³/mol. The average molecular weight is 360 g/mol. The van der Waals surface area contributed by atoms with Crippen LogP contribution in [0.5, 0.6) is 0 Å². The standard InChI is InChI=1S/C20H25N3O.ClH/c1-15-11-19(14-23(15)13-17-5-3-2-4-6-17)22-20(24)18-9-7-16(12-21)8-10-18;/h2-10,15,19H,11-14,21H2,1H3,(H,22,24);1H. The number of nitrogens with one attached hydrogen (secondary N) is 1. The SMILES string of the molecule is CC1CC(NC(=O)c2ccc(CN)cc2)CN1Cc1ccccc1.Cl. The van der Waals surface area contributed by atoms with Gasteiger partial charge in [-0.25, -0.2) is 0 Å². The van der Waals surface area contributed by atoms with Gasteiger partial charge >= 0.3 is 0 Å². The van der Waals surface area contributed by atoms with E-state index in [0.717, 1.165) is 25.1 Å². The summed E-state index contributed by atoms with van der Waals surface area (Å²) >= 11 is 0. The maximum absolute atomic E-state index is 12.4. The van der Waals surface area contributed by atoms with Crippen molar-refractivity contribution in [2.24, 2.45) is 5.73 Å². The molecule has 0 bridgehead atoms. The molecule has 1 fully saturated rings. The Morgan fingerprint density at radius 3 is 2.44 bits per heavy atom. The summed E-state index contributed by atoms with van der Waals surface area (Å²) in [5, 5.41) is 3.17. The zero-order valence-electron chi connectivity index (χ0n) is 14.5. The first-order valence-electron chi connectivity index (χ1n) is 8.53. The highest BCUT2D eigenvalue weighted by Crippen LogP contribution is 2.20. The summed E-state index contributed by atoms with van der Waals surface area (Å²) in [5.41, 5.74) is 8.64. The molecule has 25 heavy (non-hydrogen) atoms. The van der Waals surface area contributed by atoms with Gasteiger partial charge in [-0.2, -0.15) is 0 Å². The molecule has 0 aliphatic carbocycles. The molecule has 5 heteroatoms. The monoisotopic (exact) mass is 359 g/mol. The van der Waals surface area contributed by atoms with E-state index in [1.54, 1.807) is 0 Å². The first-order chi connectivity index (χ1) is 11.7. The molecular weight excluding hydrogens is 334 g/mol. The molecular formula is C20H26ClN3O. The van der Waals surface area contributed by atoms with Gasteiger partial charge in [-0.1, -0.05) is 42.5 Å². The van der Waals surface area contributed by atoms with Gasteiger partial charge in [0.2, 0.25) is 0 Å². The van der Waals surface area contributed by atoms with Crippen LogP contribution in [0.15, 0.2) is 54.6 Å². The molecule has 3 N–H and O–H groups in total. The van der Waals surface area contributed by atoms with Gasteiger partial charge in [0.05, 0.1) is 0 Å². The molecule has 134 valence electrons. The number of nitrogens with zero attached hydrogens (tertiary/aromatic N) is 1. The van der Waals surface area contributed by atoms with Crippen LogP contribution in [0.1, 0.15) is 34.8 Å². The molecule has 0 aromatic heterocycles. The van der Waals surface area contributed by atoms with E-state index in [1.165, 1.54) is 5.56 Å². The molecule has 2 unspecified atom stereocenters. The summed E-state index contributed by atoms with van der Waals surface area (Å²) in [6, 6.07) is 18.7. The van der Waals surface area contributed by atoms with E-state index in [2.05, 4.69) is 41.4 Å². The molecule has 0 radical (unpaired) electrons. The zero-order chi connectivity index (χ0) is 16.9. The van der Waals surface area contributed by atoms with Gasteiger partial charge in [-0.3, -0.25) is 9.69 Å². The number of hydrogen-bond donors (Lipinski definition) is 2. The summed E-state index contributed by atoms with van der Waals surface area (Å²) in [6.07, 6.45) is 0.986. The molecule has 1 aliphatic heterocycles. The Balaban J connectivity index is 0.00000225. The third-order valence-corrected chi connectivity index (χ3v) is 4.72. The molecule has 0 saturated carbocycles. The lowest BCUT2D eigenvalue weighted by molar-refractivity contribution is 0.0937. The minimum Gasteiger partial charge on any atom is -0.348 e. The first-order valence-corrected chi connectivity index (χ1v) is 8.53. The molecule has 4 nitrogen and oxygen atoms in total. The molecule has 1 amide bonds. The number of carbonyl (C=O) groups is 1. The van der Waals surface area contributed by atoms with Gasteiger partial charge < -0.3 is 11.1 Å². The summed E-state index contributed by atoms with van der Waals surface area (Å²) in [6.45, 7) is 4.55. The van der Waals surface area contributed by atoms with Crippen molar-refractivity contribution in [1.29, 1.82) is 0 Å². The van der Waals surface area contributed by atoms with Crippen molar-refractivity contribution in [1.82, 2.24) is 10.2 Å². The number of likely N-dealkylation sites (tertiary alicyclic amines) is 1. The average Bonchev–Trinajstić information content (AvgIpc) is 2.95. The highest BCUT2D eigenvalue weighted by Gasteiger charge is 2.30. The fourth-order valence-corrected chi connectivity index (χ4v) is 3.30. The Bertz CT molecular complexity index is 675. The smallest absolute Gasteiger partial charge is 0.251 e. The predicted octanol–water partition coefficient (Wildman–Crippen LogP) is 2.96. The second-order valence-electron chi connectivity index (χ2n) is 6.57. The van der Waals surface area contributed by atoms with Crippen LogP contribution in [0.3, 0.4) is 0 Å². The van der Waals surface area contributed by atoms with Crippen LogP contribution in [-0.4, -0.2) is 29.4 Å². The topological polar surface area (TPSA) is 58.4 Å². The van der Waals surface area contributed by atoms with E-state index in [0.29, 0.717) is 18.2 Å². The number of benzene rings is 2. The third-order valence-electron chi connectivity index (χ3n) is 4.72. The second kappa shape index (κ2) is 8.99. The first kappa shape index (κ1) is 19.4. The number of nitrogens with two attached hydrogens (primary N) is 1. The molecule has 3 rings (SSSR count). The quantitative estimate of drug-likeness (QED) is 0.862. The minimum absolute atomic E-state index is 0. The summed E-state index contributed by atoms with van der Waals surface area (Å²) in [5.74, 6) is -0.00247. The van der Waals surface area contributed by atoms with Crippen LogP contribution in [0, 0.1) is 0 Å². The number of hydrogen-bond acceptors (Lipinski definition) is 3. The van der Waals surface area contributed by atoms with E-state index in [1.807, 2.05) is 30.3 Å². The zero-order valence-corrected chi connectivity index (χ0v) is 15.3. The third kappa shape index (κ3) is 5.05. The maximum atomic E-state index is 12.4. The van der Waals surface area contributed by atoms with Crippen molar-refractivity contribution in [2.45, 2.75) is 38.5 Å². The van der Waals surface area contributed by atoms with Gasteiger partial charge in [0.25, 0.3) is 5.91 Å². The fraction of sp³-hybridized carbons (Fsp3) is 0.350. The van der Waals surface area contributed by atoms with Gasteiger partial charge in [-0.05, 0) is 36.6 Å². The number of carbonyl (C=O) groups excluding carboxylic acids is 1. The summed E-state index contributed by atoms with van der Waals surface area (Å²) in [4.78, 5) is 14.8. The molecule has 1 aliphatic rings. The van der Waals surface area contributed by atoms with Crippen molar-refractivity contribution in [3.8, 4) is 0 Å². The number of rotatable bonds is 5. The van der Waals surface area contributed by atoms with Gasteiger partial charge in [0.15, 0.2) is 0 Å². The van der Waals surface area contributed by atoms with Crippen LogP contribution < -0.4 is 11.1 Å². The van der Waals surface area contributed by atoms with Crippen molar-refractivity contribution >= 4 is 18.3 Å². The Morgan fingerprint density at radius 2 is 1.80 bits per heavy atom. The normalized spacial score (nSPS) is 20.1. The van der Waals surface area contributed by atoms with Crippen molar-refractivity contribution in [3.05, 3.63) is 71.3 Å². The van der Waals surface area contributed by atoms with Crippen molar-refractivity contribution in [3.63, 3.8) is 0 Å². The van der Waals surface area contributed by atoms with Crippen LogP contribution >= 0.6 is 12.4 Å². The Morgan fingerprint density at radius 1 is 1.12 bits per heavy atom. The highest BCUT2D eigenvalue weighted by atomic mass is 35.5. The number of amides is 1. The fourth-order valence-electron chi connectivity index (χ4n) is 3.30. The Labute approximate surface area is 155 Å². The lowest BCUT2D eigenvalue weighted by atomic mass is 10.1. The molecule has 2 atom stereocenters. The lowest BCUT2D eigenvalue weighted by Crippen LogP contribution is -2.37. The van der Waals surface area contributed by atoms with Crippen LogP contribution in [-0.2, 0) is 13.1 Å². The summed E-state index contributed by atoms with van der Waals surface area (Å²) < 4.78 is 0. The van der Waals surface area contributed by atoms with Crippen LogP contribution in [0.4, 0.5) is 0 Å². The largest absolute Gasteiger partial charge is 0.348 e. The minimum atomic E-state index is -0.00247. The van der Waals surface area contributed by atoms with Crippen LogP contribution in [0.2, 0.25) is 0 Å². The van der Waals surface area contributed by atoms with E-state index in [9.17, 15) is 4.79 Å². The van der Waals surface area contributed by atoms with Gasteiger partial charge in [0, 0.05) is 37.3 Å². The second-order valence-corrected chi connectivity index (χ2v) is 6.57. The molecule has 1 heterocycles. The maximum Gasteiger partial charge on any atom is 0.251 e. The molecule has 2 aromatic carbocycles. The number of halogens is 1. The van der Waals surface area contributed by atoms with Gasteiger partial charge in [0.1, 0.15) is 0 Å². The molecule has 0 spiro atoms. The highest BCUT2D eigenvalue weighted by molar-refractivity contribution is 5.94. The van der Waals surface area contributed by atoms with E-state index < -0.39 is 0 Å². The van der Waals surface area contributed by atoms with E-state index >= 15 is 0 Å². The van der Waals surface area contributed by atoms with Crippen LogP contribution in [0.25, 0.3) is 0 Å². The lowest BCUT2D eigenvalue weighted by Gasteiger charge is -2.20. The van der Waals surface area contributed by atoms with E-state index in [-0.39, 0.29) is 24.4 Å². The van der Waals surface area contributed by atoms with Gasteiger partial charge in [-0.15, -0.1) is 12.4 Å². The molecule has 2 aromatic rings.